The monoisotopic (exact) mass is 283 g/mol. The fourth-order valence-electron chi connectivity index (χ4n) is 3.25. The summed E-state index contributed by atoms with van der Waals surface area (Å²) in [6.07, 6.45) is 4.62. The van der Waals surface area contributed by atoms with Gasteiger partial charge in [0, 0.05) is 19.1 Å². The Bertz CT molecular complexity index is 503. The molecule has 0 spiro atoms. The van der Waals surface area contributed by atoms with Crippen molar-refractivity contribution in [3.05, 3.63) is 35.9 Å². The van der Waals surface area contributed by atoms with Gasteiger partial charge >= 0.3 is 0 Å². The first-order chi connectivity index (χ1) is 10.2. The van der Waals surface area contributed by atoms with E-state index in [0.717, 1.165) is 26.1 Å². The Morgan fingerprint density at radius 1 is 1.29 bits per heavy atom. The second-order valence-electron chi connectivity index (χ2n) is 6.81. The van der Waals surface area contributed by atoms with Crippen LogP contribution in [0.5, 0.6) is 0 Å². The zero-order valence-electron chi connectivity index (χ0n) is 12.9. The molecule has 2 aliphatic rings. The summed E-state index contributed by atoms with van der Waals surface area (Å²) in [5, 5.41) is 12.9. The van der Waals surface area contributed by atoms with Gasteiger partial charge in [0.2, 0.25) is 0 Å². The fraction of sp³-hybridized carbons (Fsp3) is 0.611. The second kappa shape index (κ2) is 6.17. The van der Waals surface area contributed by atoms with Crippen molar-refractivity contribution in [1.29, 1.82) is 5.26 Å². The van der Waals surface area contributed by atoms with Gasteiger partial charge in [-0.05, 0) is 50.6 Å². The molecule has 1 aromatic carbocycles. The number of nitrogens with one attached hydrogen (secondary N) is 1. The molecule has 1 aliphatic carbocycles. The normalized spacial score (nSPS) is 25.4. The van der Waals surface area contributed by atoms with E-state index in [2.05, 4.69) is 53.5 Å². The molecule has 0 amide bonds. The zero-order valence-corrected chi connectivity index (χ0v) is 12.9. The Morgan fingerprint density at radius 3 is 2.71 bits per heavy atom. The highest BCUT2D eigenvalue weighted by atomic mass is 15.2. The van der Waals surface area contributed by atoms with Crippen molar-refractivity contribution in [2.45, 2.75) is 50.1 Å². The Labute approximate surface area is 128 Å². The lowest BCUT2D eigenvalue weighted by Gasteiger charge is -2.26. The minimum absolute atomic E-state index is 0.355. The molecule has 3 heteroatoms. The molecule has 21 heavy (non-hydrogen) atoms. The van der Waals surface area contributed by atoms with Crippen LogP contribution in [0.3, 0.4) is 0 Å². The summed E-state index contributed by atoms with van der Waals surface area (Å²) in [5.74, 6) is 0.663. The van der Waals surface area contributed by atoms with Crippen molar-refractivity contribution in [1.82, 2.24) is 10.2 Å². The maximum atomic E-state index is 9.43. The molecular formula is C18H25N3. The SMILES string of the molecule is CC(C#N)(CCN1CCC(c2ccccc2)C1)NC1CC1. The molecule has 0 radical (unpaired) electrons. The van der Waals surface area contributed by atoms with Crippen LogP contribution < -0.4 is 5.32 Å². The van der Waals surface area contributed by atoms with E-state index in [1.54, 1.807) is 0 Å². The molecule has 2 fully saturated rings. The van der Waals surface area contributed by atoms with Gasteiger partial charge < -0.3 is 4.90 Å². The first-order valence-electron chi connectivity index (χ1n) is 8.15. The molecule has 1 saturated carbocycles. The van der Waals surface area contributed by atoms with Gasteiger partial charge in [-0.15, -0.1) is 0 Å². The Morgan fingerprint density at radius 2 is 2.05 bits per heavy atom. The van der Waals surface area contributed by atoms with E-state index < -0.39 is 0 Å². The lowest BCUT2D eigenvalue weighted by atomic mass is 9.98. The van der Waals surface area contributed by atoms with Crippen molar-refractivity contribution in [3.8, 4) is 6.07 Å². The second-order valence-corrected chi connectivity index (χ2v) is 6.81. The molecular weight excluding hydrogens is 258 g/mol. The van der Waals surface area contributed by atoms with Crippen molar-refractivity contribution in [2.24, 2.45) is 0 Å². The molecule has 0 bridgehead atoms. The first-order valence-corrected chi connectivity index (χ1v) is 8.15. The van der Waals surface area contributed by atoms with E-state index in [0.29, 0.717) is 12.0 Å². The molecule has 1 N–H and O–H groups in total. The van der Waals surface area contributed by atoms with Crippen LogP contribution in [0.1, 0.15) is 44.1 Å². The van der Waals surface area contributed by atoms with E-state index in [1.807, 2.05) is 0 Å². The standard InChI is InChI=1S/C18H25N3/c1-18(14-19,20-17-7-8-17)10-12-21-11-9-16(13-21)15-5-3-2-4-6-15/h2-6,16-17,20H,7-13H2,1H3. The predicted octanol–water partition coefficient (Wildman–Crippen LogP) is 2.90. The average molecular weight is 283 g/mol. The molecule has 2 atom stereocenters. The average Bonchev–Trinajstić information content (AvgIpc) is 3.19. The fourth-order valence-corrected chi connectivity index (χ4v) is 3.25. The minimum atomic E-state index is -0.355. The van der Waals surface area contributed by atoms with Crippen LogP contribution in [-0.2, 0) is 0 Å². The number of hydrogen-bond acceptors (Lipinski definition) is 3. The van der Waals surface area contributed by atoms with Crippen molar-refractivity contribution in [3.63, 3.8) is 0 Å². The summed E-state index contributed by atoms with van der Waals surface area (Å²) in [6.45, 7) is 5.36. The van der Waals surface area contributed by atoms with Crippen LogP contribution in [0, 0.1) is 11.3 Å². The number of rotatable bonds is 6. The predicted molar refractivity (Wildman–Crippen MR) is 85.0 cm³/mol. The number of nitrogens with zero attached hydrogens (tertiary/aromatic N) is 2. The van der Waals surface area contributed by atoms with Gasteiger partial charge in [-0.25, -0.2) is 0 Å². The summed E-state index contributed by atoms with van der Waals surface area (Å²) in [6, 6.07) is 13.9. The lowest BCUT2D eigenvalue weighted by molar-refractivity contribution is 0.286. The number of nitriles is 1. The van der Waals surface area contributed by atoms with Crippen LogP contribution in [0.2, 0.25) is 0 Å². The summed E-state index contributed by atoms with van der Waals surface area (Å²) >= 11 is 0. The molecule has 3 nitrogen and oxygen atoms in total. The summed E-state index contributed by atoms with van der Waals surface area (Å²) in [4.78, 5) is 2.52. The molecule has 2 unspecified atom stereocenters. The van der Waals surface area contributed by atoms with Crippen molar-refractivity contribution >= 4 is 0 Å². The zero-order chi connectivity index (χ0) is 14.7. The van der Waals surface area contributed by atoms with Crippen LogP contribution >= 0.6 is 0 Å². The first kappa shape index (κ1) is 14.6. The molecule has 112 valence electrons. The van der Waals surface area contributed by atoms with Gasteiger partial charge in [0.15, 0.2) is 0 Å². The van der Waals surface area contributed by atoms with Gasteiger partial charge in [-0.2, -0.15) is 5.26 Å². The van der Waals surface area contributed by atoms with Crippen LogP contribution in [0.25, 0.3) is 0 Å². The highest BCUT2D eigenvalue weighted by molar-refractivity contribution is 5.21. The number of benzene rings is 1. The Kier molecular flexibility index (Phi) is 4.28. The lowest BCUT2D eigenvalue weighted by Crippen LogP contribution is -2.44. The Hall–Kier alpha value is -1.37. The van der Waals surface area contributed by atoms with E-state index in [9.17, 15) is 5.26 Å². The van der Waals surface area contributed by atoms with Crippen molar-refractivity contribution in [2.75, 3.05) is 19.6 Å². The van der Waals surface area contributed by atoms with Gasteiger partial charge in [0.05, 0.1) is 6.07 Å². The third-order valence-electron chi connectivity index (χ3n) is 4.82. The van der Waals surface area contributed by atoms with E-state index in [4.69, 9.17) is 0 Å². The van der Waals surface area contributed by atoms with E-state index in [1.165, 1.54) is 24.8 Å². The van der Waals surface area contributed by atoms with E-state index >= 15 is 0 Å². The largest absolute Gasteiger partial charge is 0.303 e. The summed E-state index contributed by atoms with van der Waals surface area (Å²) in [5.41, 5.74) is 1.10. The van der Waals surface area contributed by atoms with Crippen LogP contribution in [0.15, 0.2) is 30.3 Å². The molecule has 1 aromatic rings. The van der Waals surface area contributed by atoms with Crippen molar-refractivity contribution < 1.29 is 0 Å². The van der Waals surface area contributed by atoms with Gasteiger partial charge in [-0.1, -0.05) is 30.3 Å². The topological polar surface area (TPSA) is 39.1 Å². The quantitative estimate of drug-likeness (QED) is 0.872. The summed E-state index contributed by atoms with van der Waals surface area (Å²) < 4.78 is 0. The number of likely N-dealkylation sites (tertiary alicyclic amines) is 1. The smallest absolute Gasteiger partial charge is 0.105 e. The molecule has 1 aliphatic heterocycles. The van der Waals surface area contributed by atoms with Crippen LogP contribution in [0.4, 0.5) is 0 Å². The maximum absolute atomic E-state index is 9.43. The molecule has 1 heterocycles. The highest BCUT2D eigenvalue weighted by Gasteiger charge is 2.33. The minimum Gasteiger partial charge on any atom is -0.303 e. The van der Waals surface area contributed by atoms with E-state index in [-0.39, 0.29) is 5.54 Å². The van der Waals surface area contributed by atoms with Crippen LogP contribution in [-0.4, -0.2) is 36.1 Å². The Balaban J connectivity index is 1.49. The molecule has 1 saturated heterocycles. The summed E-state index contributed by atoms with van der Waals surface area (Å²) in [7, 11) is 0. The third-order valence-corrected chi connectivity index (χ3v) is 4.82. The van der Waals surface area contributed by atoms with Gasteiger partial charge in [0.25, 0.3) is 0 Å². The number of hydrogen-bond donors (Lipinski definition) is 1. The molecule has 0 aromatic heterocycles. The highest BCUT2D eigenvalue weighted by Crippen LogP contribution is 2.28. The third kappa shape index (κ3) is 3.84. The van der Waals surface area contributed by atoms with Gasteiger partial charge in [-0.3, -0.25) is 5.32 Å². The van der Waals surface area contributed by atoms with Gasteiger partial charge in [0.1, 0.15) is 5.54 Å². The molecule has 3 rings (SSSR count). The maximum Gasteiger partial charge on any atom is 0.105 e.